The van der Waals surface area contributed by atoms with Gasteiger partial charge in [0.1, 0.15) is 0 Å². The van der Waals surface area contributed by atoms with E-state index in [0.29, 0.717) is 11.8 Å². The second-order valence-electron chi connectivity index (χ2n) is 7.54. The van der Waals surface area contributed by atoms with Gasteiger partial charge in [0.05, 0.1) is 0 Å². The minimum Gasteiger partial charge on any atom is -0.342 e. The van der Waals surface area contributed by atoms with Gasteiger partial charge in [0.25, 0.3) is 0 Å². The largest absolute Gasteiger partial charge is 0.342 e. The summed E-state index contributed by atoms with van der Waals surface area (Å²) < 4.78 is 0. The van der Waals surface area contributed by atoms with Crippen LogP contribution in [0.5, 0.6) is 0 Å². The number of hydrogen-bond donors (Lipinski definition) is 1. The lowest BCUT2D eigenvalue weighted by atomic mass is 9.78. The van der Waals surface area contributed by atoms with Crippen LogP contribution in [-0.2, 0) is 4.79 Å². The molecule has 2 aliphatic rings. The summed E-state index contributed by atoms with van der Waals surface area (Å²) in [5.74, 6) is 1.78. The Balaban J connectivity index is 1.86. The molecule has 3 heteroatoms. The van der Waals surface area contributed by atoms with Gasteiger partial charge in [0, 0.05) is 25.6 Å². The van der Waals surface area contributed by atoms with E-state index in [0.717, 1.165) is 31.8 Å². The van der Waals surface area contributed by atoms with E-state index in [1.807, 2.05) is 0 Å². The summed E-state index contributed by atoms with van der Waals surface area (Å²) in [6.07, 6.45) is 6.83. The molecule has 0 aromatic heterocycles. The number of amides is 1. The lowest BCUT2D eigenvalue weighted by molar-refractivity contribution is -0.136. The van der Waals surface area contributed by atoms with Crippen LogP contribution in [0.1, 0.15) is 59.3 Å². The van der Waals surface area contributed by atoms with Crippen molar-refractivity contribution in [2.75, 3.05) is 13.1 Å². The molecule has 0 radical (unpaired) electrons. The van der Waals surface area contributed by atoms with Gasteiger partial charge in [-0.15, -0.1) is 0 Å². The van der Waals surface area contributed by atoms with Crippen molar-refractivity contribution in [3.05, 3.63) is 0 Å². The lowest BCUT2D eigenvalue weighted by Gasteiger charge is -2.43. The normalized spacial score (nSPS) is 35.2. The highest BCUT2D eigenvalue weighted by molar-refractivity contribution is 5.76. The molecule has 0 aromatic carbocycles. The molecule has 3 unspecified atom stereocenters. The summed E-state index contributed by atoms with van der Waals surface area (Å²) in [6.45, 7) is 8.36. The van der Waals surface area contributed by atoms with Crippen LogP contribution in [-0.4, -0.2) is 29.9 Å². The number of nitrogens with two attached hydrogens (primary N) is 1. The number of piperidine rings is 1. The molecular formula is C16H30N2O. The Labute approximate surface area is 117 Å². The molecule has 110 valence electrons. The SMILES string of the molecule is CC1CCCC(CC(=O)N2CCC(N)C(C)(C)C2)C1. The Hall–Kier alpha value is -0.570. The van der Waals surface area contributed by atoms with Gasteiger partial charge in [0.15, 0.2) is 0 Å². The fourth-order valence-corrected chi connectivity index (χ4v) is 3.71. The third-order valence-corrected chi connectivity index (χ3v) is 5.17. The highest BCUT2D eigenvalue weighted by Crippen LogP contribution is 2.33. The van der Waals surface area contributed by atoms with E-state index in [4.69, 9.17) is 5.73 Å². The highest BCUT2D eigenvalue weighted by Gasteiger charge is 2.35. The third kappa shape index (κ3) is 3.71. The predicted octanol–water partition coefficient (Wildman–Crippen LogP) is 2.79. The van der Waals surface area contributed by atoms with Crippen molar-refractivity contribution in [3.63, 3.8) is 0 Å². The number of hydrogen-bond acceptors (Lipinski definition) is 2. The van der Waals surface area contributed by atoms with Gasteiger partial charge in [-0.1, -0.05) is 33.6 Å². The van der Waals surface area contributed by atoms with Gasteiger partial charge in [0.2, 0.25) is 5.91 Å². The molecule has 1 saturated carbocycles. The molecule has 19 heavy (non-hydrogen) atoms. The summed E-state index contributed by atoms with van der Waals surface area (Å²) in [7, 11) is 0. The summed E-state index contributed by atoms with van der Waals surface area (Å²) in [5, 5.41) is 0. The molecule has 2 rings (SSSR count). The molecule has 0 spiro atoms. The fourth-order valence-electron chi connectivity index (χ4n) is 3.71. The van der Waals surface area contributed by atoms with E-state index in [2.05, 4.69) is 25.7 Å². The Bertz CT molecular complexity index is 327. The van der Waals surface area contributed by atoms with Crippen molar-refractivity contribution in [2.45, 2.75) is 65.3 Å². The summed E-state index contributed by atoms with van der Waals surface area (Å²) in [4.78, 5) is 14.5. The minimum atomic E-state index is 0.0633. The van der Waals surface area contributed by atoms with Gasteiger partial charge < -0.3 is 10.6 Å². The monoisotopic (exact) mass is 266 g/mol. The number of rotatable bonds is 2. The zero-order chi connectivity index (χ0) is 14.0. The maximum absolute atomic E-state index is 12.5. The molecule has 1 saturated heterocycles. The van der Waals surface area contributed by atoms with Crippen molar-refractivity contribution < 1.29 is 4.79 Å². The van der Waals surface area contributed by atoms with Crippen molar-refractivity contribution in [2.24, 2.45) is 23.0 Å². The average molecular weight is 266 g/mol. The van der Waals surface area contributed by atoms with Crippen LogP contribution in [0.4, 0.5) is 0 Å². The molecule has 2 fully saturated rings. The van der Waals surface area contributed by atoms with Gasteiger partial charge >= 0.3 is 0 Å². The van der Waals surface area contributed by atoms with Crippen LogP contribution in [0.15, 0.2) is 0 Å². The Kier molecular flexibility index (Phi) is 4.54. The van der Waals surface area contributed by atoms with Gasteiger partial charge in [-0.25, -0.2) is 0 Å². The molecule has 1 heterocycles. The quantitative estimate of drug-likeness (QED) is 0.835. The molecular weight excluding hydrogens is 236 g/mol. The lowest BCUT2D eigenvalue weighted by Crippen LogP contribution is -2.54. The second-order valence-corrected chi connectivity index (χ2v) is 7.54. The first-order valence-corrected chi connectivity index (χ1v) is 7.92. The highest BCUT2D eigenvalue weighted by atomic mass is 16.2. The van der Waals surface area contributed by atoms with E-state index in [1.165, 1.54) is 25.7 Å². The number of likely N-dealkylation sites (tertiary alicyclic amines) is 1. The van der Waals surface area contributed by atoms with Gasteiger partial charge in [-0.2, -0.15) is 0 Å². The summed E-state index contributed by atoms with van der Waals surface area (Å²) in [5.41, 5.74) is 6.20. The topological polar surface area (TPSA) is 46.3 Å². The van der Waals surface area contributed by atoms with E-state index >= 15 is 0 Å². The van der Waals surface area contributed by atoms with E-state index in [-0.39, 0.29) is 11.5 Å². The van der Waals surface area contributed by atoms with Crippen molar-refractivity contribution in [1.29, 1.82) is 0 Å². The first kappa shape index (κ1) is 14.8. The first-order chi connectivity index (χ1) is 8.88. The van der Waals surface area contributed by atoms with E-state index in [1.54, 1.807) is 0 Å². The van der Waals surface area contributed by atoms with E-state index < -0.39 is 0 Å². The first-order valence-electron chi connectivity index (χ1n) is 7.92. The molecule has 0 bridgehead atoms. The Morgan fingerprint density at radius 3 is 2.68 bits per heavy atom. The Morgan fingerprint density at radius 2 is 2.05 bits per heavy atom. The maximum Gasteiger partial charge on any atom is 0.222 e. The molecule has 1 aliphatic heterocycles. The zero-order valence-corrected chi connectivity index (χ0v) is 12.8. The van der Waals surface area contributed by atoms with Crippen molar-refractivity contribution >= 4 is 5.91 Å². The molecule has 3 atom stereocenters. The molecule has 3 nitrogen and oxygen atoms in total. The van der Waals surface area contributed by atoms with Crippen molar-refractivity contribution in [1.82, 2.24) is 4.90 Å². The predicted molar refractivity (Wildman–Crippen MR) is 78.7 cm³/mol. The standard InChI is InChI=1S/C16H30N2O/c1-12-5-4-6-13(9-12)10-15(19)18-8-7-14(17)16(2,3)11-18/h12-14H,4-11,17H2,1-3H3. The van der Waals surface area contributed by atoms with Crippen LogP contribution < -0.4 is 5.73 Å². The van der Waals surface area contributed by atoms with Crippen LogP contribution >= 0.6 is 0 Å². The molecule has 1 amide bonds. The van der Waals surface area contributed by atoms with Crippen LogP contribution in [0.2, 0.25) is 0 Å². The maximum atomic E-state index is 12.5. The van der Waals surface area contributed by atoms with E-state index in [9.17, 15) is 4.79 Å². The van der Waals surface area contributed by atoms with Gasteiger partial charge in [-0.3, -0.25) is 4.79 Å². The van der Waals surface area contributed by atoms with Crippen molar-refractivity contribution in [3.8, 4) is 0 Å². The van der Waals surface area contributed by atoms with Crippen LogP contribution in [0.25, 0.3) is 0 Å². The number of carbonyl (C=O) groups is 1. The minimum absolute atomic E-state index is 0.0633. The zero-order valence-electron chi connectivity index (χ0n) is 12.8. The third-order valence-electron chi connectivity index (χ3n) is 5.17. The summed E-state index contributed by atoms with van der Waals surface area (Å²) in [6, 6.07) is 0.228. The van der Waals surface area contributed by atoms with Gasteiger partial charge in [-0.05, 0) is 36.5 Å². The second kappa shape index (κ2) is 5.82. The van der Waals surface area contributed by atoms with Crippen LogP contribution in [0, 0.1) is 17.3 Å². The Morgan fingerprint density at radius 1 is 1.32 bits per heavy atom. The average Bonchev–Trinajstić information content (AvgIpc) is 2.32. The van der Waals surface area contributed by atoms with Crippen LogP contribution in [0.3, 0.4) is 0 Å². The summed E-state index contributed by atoms with van der Waals surface area (Å²) >= 11 is 0. The number of nitrogens with zero attached hydrogens (tertiary/aromatic N) is 1. The number of carbonyl (C=O) groups excluding carboxylic acids is 1. The smallest absolute Gasteiger partial charge is 0.222 e. The molecule has 1 aliphatic carbocycles. The molecule has 0 aromatic rings. The fraction of sp³-hybridized carbons (Fsp3) is 0.938. The molecule has 2 N–H and O–H groups in total.